The summed E-state index contributed by atoms with van der Waals surface area (Å²) in [5, 5.41) is 4.30. The third kappa shape index (κ3) is 3.01. The first-order valence-electron chi connectivity index (χ1n) is 9.17. The van der Waals surface area contributed by atoms with Crippen LogP contribution in [0.5, 0.6) is 0 Å². The smallest absolute Gasteiger partial charge is 0.399 e. The lowest BCUT2D eigenvalue weighted by atomic mass is 9.76. The van der Waals surface area contributed by atoms with Gasteiger partial charge >= 0.3 is 7.12 Å². The molecule has 0 N–H and O–H groups in total. The van der Waals surface area contributed by atoms with Crippen LogP contribution in [0.4, 0.5) is 0 Å². The fourth-order valence-electron chi connectivity index (χ4n) is 3.33. The second kappa shape index (κ2) is 6.07. The minimum atomic E-state index is -0.456. The first kappa shape index (κ1) is 18.0. The van der Waals surface area contributed by atoms with Crippen LogP contribution in [0, 0.1) is 6.92 Å². The Morgan fingerprint density at radius 1 is 1.07 bits per heavy atom. The molecule has 0 spiro atoms. The molecule has 27 heavy (non-hydrogen) atoms. The van der Waals surface area contributed by atoms with E-state index < -0.39 is 18.3 Å². The number of hydrogen-bond donors (Lipinski definition) is 0. The first-order valence-corrected chi connectivity index (χ1v) is 9.17. The largest absolute Gasteiger partial charge is 0.495 e. The van der Waals surface area contributed by atoms with E-state index in [1.165, 1.54) is 0 Å². The van der Waals surface area contributed by atoms with E-state index in [4.69, 9.17) is 9.31 Å². The first-order chi connectivity index (χ1) is 12.7. The van der Waals surface area contributed by atoms with E-state index in [-0.39, 0.29) is 5.56 Å². The number of nitrogens with zero attached hydrogens (tertiary/aromatic N) is 3. The molecule has 4 rings (SSSR count). The second-order valence-electron chi connectivity index (χ2n) is 8.13. The highest BCUT2D eigenvalue weighted by molar-refractivity contribution is 6.62. The van der Waals surface area contributed by atoms with Gasteiger partial charge < -0.3 is 13.9 Å². The van der Waals surface area contributed by atoms with Gasteiger partial charge in [0.05, 0.1) is 23.4 Å². The maximum atomic E-state index is 12.8. The lowest BCUT2D eigenvalue weighted by Gasteiger charge is -2.32. The minimum Gasteiger partial charge on any atom is -0.399 e. The topological polar surface area (TPSA) is 57.8 Å². The molecule has 3 aromatic rings. The van der Waals surface area contributed by atoms with Gasteiger partial charge in [0.15, 0.2) is 0 Å². The molecule has 1 saturated heterocycles. The molecule has 0 amide bonds. The van der Waals surface area contributed by atoms with Crippen LogP contribution in [0.2, 0.25) is 0 Å². The molecule has 2 aromatic heterocycles. The fourth-order valence-corrected chi connectivity index (χ4v) is 3.33. The van der Waals surface area contributed by atoms with Crippen LogP contribution in [0.1, 0.15) is 39.0 Å². The van der Waals surface area contributed by atoms with Gasteiger partial charge in [-0.25, -0.2) is 4.52 Å². The molecule has 1 aliphatic rings. The van der Waals surface area contributed by atoms with Crippen LogP contribution in [-0.2, 0) is 15.9 Å². The van der Waals surface area contributed by atoms with Crippen LogP contribution in [0.3, 0.4) is 0 Å². The van der Waals surface area contributed by atoms with Crippen molar-refractivity contribution >= 4 is 18.1 Å². The highest BCUT2D eigenvalue weighted by Gasteiger charge is 2.52. The molecule has 1 aliphatic heterocycles. The van der Waals surface area contributed by atoms with Crippen molar-refractivity contribution in [1.29, 1.82) is 0 Å². The Morgan fingerprint density at radius 2 is 1.74 bits per heavy atom. The Balaban J connectivity index is 1.71. The van der Waals surface area contributed by atoms with Crippen LogP contribution < -0.4 is 11.0 Å². The summed E-state index contributed by atoms with van der Waals surface area (Å²) in [5.41, 5.74) is 2.46. The molecule has 1 fully saturated rings. The van der Waals surface area contributed by atoms with E-state index in [9.17, 15) is 4.79 Å². The highest BCUT2D eigenvalue weighted by atomic mass is 16.7. The molecule has 140 valence electrons. The van der Waals surface area contributed by atoms with Crippen LogP contribution in [0.25, 0.3) is 5.52 Å². The van der Waals surface area contributed by atoms with Crippen LogP contribution >= 0.6 is 0 Å². The molecule has 0 atom stereocenters. The van der Waals surface area contributed by atoms with Crippen molar-refractivity contribution in [3.8, 4) is 0 Å². The lowest BCUT2D eigenvalue weighted by molar-refractivity contribution is 0.00578. The molecule has 0 aliphatic carbocycles. The normalized spacial score (nSPS) is 18.3. The summed E-state index contributed by atoms with van der Waals surface area (Å²) in [4.78, 5) is 12.8. The molecule has 0 bridgehead atoms. The molecule has 0 unspecified atom stereocenters. The third-order valence-electron chi connectivity index (χ3n) is 5.63. The number of hydrogen-bond acceptors (Lipinski definition) is 4. The monoisotopic (exact) mass is 365 g/mol. The summed E-state index contributed by atoms with van der Waals surface area (Å²) in [6, 6.07) is 9.76. The van der Waals surface area contributed by atoms with Gasteiger partial charge in [-0.2, -0.15) is 5.10 Å². The van der Waals surface area contributed by atoms with Gasteiger partial charge in [0.25, 0.3) is 5.56 Å². The summed E-state index contributed by atoms with van der Waals surface area (Å²) in [5.74, 6) is 0. The maximum absolute atomic E-state index is 12.8. The molecule has 0 saturated carbocycles. The van der Waals surface area contributed by atoms with Crippen molar-refractivity contribution in [2.45, 2.75) is 52.4 Å². The summed E-state index contributed by atoms with van der Waals surface area (Å²) in [6.45, 7) is 10.5. The van der Waals surface area contributed by atoms with Crippen molar-refractivity contribution in [3.63, 3.8) is 0 Å². The third-order valence-corrected chi connectivity index (χ3v) is 5.63. The zero-order valence-electron chi connectivity index (χ0n) is 16.4. The van der Waals surface area contributed by atoms with E-state index in [0.717, 1.165) is 16.7 Å². The van der Waals surface area contributed by atoms with E-state index >= 15 is 0 Å². The predicted octanol–water partition coefficient (Wildman–Crippen LogP) is 2.15. The van der Waals surface area contributed by atoms with Gasteiger partial charge in [-0.15, -0.1) is 0 Å². The fraction of sp³-hybridized carbons (Fsp3) is 0.400. The Kier molecular flexibility index (Phi) is 4.05. The van der Waals surface area contributed by atoms with Crippen molar-refractivity contribution in [2.75, 3.05) is 0 Å². The summed E-state index contributed by atoms with van der Waals surface area (Å²) < 4.78 is 15.7. The van der Waals surface area contributed by atoms with Crippen molar-refractivity contribution in [3.05, 3.63) is 64.3 Å². The number of aryl methyl sites for hydroxylation is 1. The lowest BCUT2D eigenvalue weighted by Crippen LogP contribution is -2.41. The predicted molar refractivity (Wildman–Crippen MR) is 105 cm³/mol. The van der Waals surface area contributed by atoms with Crippen molar-refractivity contribution < 1.29 is 9.31 Å². The van der Waals surface area contributed by atoms with E-state index in [1.54, 1.807) is 27.5 Å². The van der Waals surface area contributed by atoms with Gasteiger partial charge in [0.1, 0.15) is 5.52 Å². The number of aromatic nitrogens is 3. The molecule has 6 nitrogen and oxygen atoms in total. The highest BCUT2D eigenvalue weighted by Crippen LogP contribution is 2.36. The standard InChI is InChI=1S/C20H24BN3O3/c1-14-12-17-18(25)23(10-11-24(17)22-14)13-15-8-6-7-9-16(15)21-26-19(2,3)20(4,5)27-21/h6-12H,13H2,1-5H3. The zero-order valence-corrected chi connectivity index (χ0v) is 16.4. The van der Waals surface area contributed by atoms with Gasteiger partial charge in [0.2, 0.25) is 0 Å². The van der Waals surface area contributed by atoms with Crippen molar-refractivity contribution in [1.82, 2.24) is 14.2 Å². The van der Waals surface area contributed by atoms with E-state index in [0.29, 0.717) is 12.1 Å². The van der Waals surface area contributed by atoms with E-state index in [2.05, 4.69) is 5.10 Å². The quantitative estimate of drug-likeness (QED) is 0.668. The Morgan fingerprint density at radius 3 is 2.44 bits per heavy atom. The van der Waals surface area contributed by atoms with Gasteiger partial charge in [0, 0.05) is 12.4 Å². The molecule has 0 radical (unpaired) electrons. The summed E-state index contributed by atoms with van der Waals surface area (Å²) >= 11 is 0. The zero-order chi connectivity index (χ0) is 19.4. The molecule has 7 heteroatoms. The average Bonchev–Trinajstić information content (AvgIpc) is 3.07. The molecule has 3 heterocycles. The number of rotatable bonds is 3. The maximum Gasteiger partial charge on any atom is 0.495 e. The SMILES string of the molecule is Cc1cc2c(=O)n(Cc3ccccc3B3OC(C)(C)C(C)(C)O3)ccn2n1. The molecule has 1 aromatic carbocycles. The van der Waals surface area contributed by atoms with Gasteiger partial charge in [-0.3, -0.25) is 4.79 Å². The van der Waals surface area contributed by atoms with Crippen LogP contribution in [-0.4, -0.2) is 32.5 Å². The minimum absolute atomic E-state index is 0.0678. The Labute approximate surface area is 158 Å². The average molecular weight is 365 g/mol. The molecular formula is C20H24BN3O3. The second-order valence-corrected chi connectivity index (χ2v) is 8.13. The molecular weight excluding hydrogens is 341 g/mol. The number of fused-ring (bicyclic) bond motifs is 1. The summed E-state index contributed by atoms with van der Waals surface area (Å²) in [6.07, 6.45) is 3.57. The Hall–Kier alpha value is -2.38. The van der Waals surface area contributed by atoms with Crippen molar-refractivity contribution in [2.24, 2.45) is 0 Å². The van der Waals surface area contributed by atoms with Crippen LogP contribution in [0.15, 0.2) is 47.5 Å². The van der Waals surface area contributed by atoms with E-state index in [1.807, 2.05) is 58.9 Å². The number of benzene rings is 1. The Bertz CT molecular complexity index is 1050. The van der Waals surface area contributed by atoms with Gasteiger partial charge in [-0.05, 0) is 51.7 Å². The summed E-state index contributed by atoms with van der Waals surface area (Å²) in [7, 11) is -0.456. The van der Waals surface area contributed by atoms with Gasteiger partial charge in [-0.1, -0.05) is 24.3 Å².